The van der Waals surface area contributed by atoms with Crippen LogP contribution in [0.5, 0.6) is 0 Å². The van der Waals surface area contributed by atoms with E-state index in [0.717, 1.165) is 49.7 Å². The zero-order valence-electron chi connectivity index (χ0n) is 14.8. The van der Waals surface area contributed by atoms with Crippen LogP contribution in [0.25, 0.3) is 0 Å². The maximum Gasteiger partial charge on any atom is 0.303 e. The van der Waals surface area contributed by atoms with Gasteiger partial charge in [-0.15, -0.1) is 0 Å². The molecule has 0 radical (unpaired) electrons. The lowest BCUT2D eigenvalue weighted by Gasteiger charge is -2.48. The van der Waals surface area contributed by atoms with Crippen LogP contribution in [0.2, 0.25) is 0 Å². The van der Waals surface area contributed by atoms with Gasteiger partial charge in [0.25, 0.3) is 0 Å². The maximum absolute atomic E-state index is 12.5. The molecule has 0 saturated carbocycles. The highest BCUT2D eigenvalue weighted by atomic mass is 16.7. The fourth-order valence-electron chi connectivity index (χ4n) is 4.25. The van der Waals surface area contributed by atoms with Crippen molar-refractivity contribution in [2.75, 3.05) is 13.2 Å². The van der Waals surface area contributed by atoms with Crippen LogP contribution in [0.15, 0.2) is 11.1 Å². The average Bonchev–Trinajstić information content (AvgIpc) is 2.88. The first-order valence-corrected chi connectivity index (χ1v) is 9.27. The van der Waals surface area contributed by atoms with Crippen LogP contribution in [0.3, 0.4) is 0 Å². The van der Waals surface area contributed by atoms with Gasteiger partial charge in [0.15, 0.2) is 11.9 Å². The van der Waals surface area contributed by atoms with Crippen molar-refractivity contribution in [2.45, 2.75) is 77.1 Å². The minimum absolute atomic E-state index is 0.0788. The van der Waals surface area contributed by atoms with E-state index in [1.165, 1.54) is 6.92 Å². The van der Waals surface area contributed by atoms with Gasteiger partial charge in [-0.2, -0.15) is 0 Å². The lowest BCUT2D eigenvalue weighted by Crippen LogP contribution is -2.58. The highest BCUT2D eigenvalue weighted by molar-refractivity contribution is 5.99. The molecule has 1 spiro atoms. The van der Waals surface area contributed by atoms with E-state index in [0.29, 0.717) is 26.1 Å². The molecule has 0 aromatic rings. The van der Waals surface area contributed by atoms with Gasteiger partial charge in [0.2, 0.25) is 5.79 Å². The topological polar surface area (TPSA) is 61.8 Å². The lowest BCUT2D eigenvalue weighted by atomic mass is 9.83. The molecule has 0 aromatic carbocycles. The molecular formula is C19H28O5. The predicted octanol–water partition coefficient (Wildman–Crippen LogP) is 3.31. The third-order valence-corrected chi connectivity index (χ3v) is 5.44. The SMILES string of the molecule is CCCCCC1=C2CO[C@@]3(CCCCO3)[C@@H](OC(C)=O)[C@H]2CC1=O. The fraction of sp³-hybridized carbons (Fsp3) is 0.789. The number of carbonyl (C=O) groups is 2. The number of ether oxygens (including phenoxy) is 3. The van der Waals surface area contributed by atoms with Gasteiger partial charge in [0.1, 0.15) is 0 Å². The normalized spacial score (nSPS) is 33.0. The van der Waals surface area contributed by atoms with Crippen LogP contribution < -0.4 is 0 Å². The molecule has 134 valence electrons. The van der Waals surface area contributed by atoms with E-state index >= 15 is 0 Å². The van der Waals surface area contributed by atoms with Gasteiger partial charge in [-0.1, -0.05) is 19.8 Å². The quantitative estimate of drug-likeness (QED) is 0.569. The molecule has 24 heavy (non-hydrogen) atoms. The zero-order chi connectivity index (χ0) is 17.2. The van der Waals surface area contributed by atoms with Gasteiger partial charge < -0.3 is 14.2 Å². The van der Waals surface area contributed by atoms with E-state index in [1.54, 1.807) is 0 Å². The molecule has 2 fully saturated rings. The Balaban J connectivity index is 1.85. The molecule has 2 aliphatic heterocycles. The first-order valence-electron chi connectivity index (χ1n) is 9.27. The van der Waals surface area contributed by atoms with Crippen LogP contribution in [0, 0.1) is 5.92 Å². The number of fused-ring (bicyclic) bond motifs is 1. The van der Waals surface area contributed by atoms with Crippen molar-refractivity contribution in [3.8, 4) is 0 Å². The van der Waals surface area contributed by atoms with Gasteiger partial charge in [-0.05, 0) is 36.8 Å². The van der Waals surface area contributed by atoms with E-state index in [-0.39, 0.29) is 17.7 Å². The van der Waals surface area contributed by atoms with Crippen LogP contribution in [0.4, 0.5) is 0 Å². The Hall–Kier alpha value is -1.20. The molecule has 3 aliphatic rings. The van der Waals surface area contributed by atoms with Gasteiger partial charge >= 0.3 is 5.97 Å². The van der Waals surface area contributed by atoms with E-state index in [2.05, 4.69) is 6.92 Å². The standard InChI is InChI=1S/C19H28O5/c1-3-4-5-8-14-16-12-23-19(9-6-7-10-22-19)18(24-13(2)20)15(16)11-17(14)21/h15,18H,3-12H2,1-2H3/t15-,18-,19-/m0/s1. The van der Waals surface area contributed by atoms with Crippen molar-refractivity contribution in [1.29, 1.82) is 0 Å². The van der Waals surface area contributed by atoms with Gasteiger partial charge in [-0.3, -0.25) is 9.59 Å². The molecule has 3 atom stereocenters. The second-order valence-corrected chi connectivity index (χ2v) is 7.13. The first kappa shape index (κ1) is 17.6. The Morgan fingerprint density at radius 2 is 2.12 bits per heavy atom. The summed E-state index contributed by atoms with van der Waals surface area (Å²) in [6, 6.07) is 0. The third-order valence-electron chi connectivity index (χ3n) is 5.44. The second kappa shape index (κ2) is 7.36. The second-order valence-electron chi connectivity index (χ2n) is 7.13. The van der Waals surface area contributed by atoms with Crippen LogP contribution in [0.1, 0.15) is 65.2 Å². The number of esters is 1. The van der Waals surface area contributed by atoms with Gasteiger partial charge in [0, 0.05) is 25.7 Å². The zero-order valence-corrected chi connectivity index (χ0v) is 14.8. The number of Topliss-reactive ketones (excluding diaryl/α,β-unsaturated/α-hetero) is 1. The smallest absolute Gasteiger partial charge is 0.303 e. The summed E-state index contributed by atoms with van der Waals surface area (Å²) in [5.74, 6) is -1.09. The molecule has 3 rings (SSSR count). The molecule has 0 unspecified atom stereocenters. The Morgan fingerprint density at radius 3 is 2.79 bits per heavy atom. The summed E-state index contributed by atoms with van der Waals surface area (Å²) in [5.41, 5.74) is 1.96. The summed E-state index contributed by atoms with van der Waals surface area (Å²) in [6.07, 6.45) is 6.69. The van der Waals surface area contributed by atoms with Gasteiger partial charge in [-0.25, -0.2) is 0 Å². The molecule has 0 aromatic heterocycles. The first-order chi connectivity index (χ1) is 11.6. The molecule has 5 nitrogen and oxygen atoms in total. The highest BCUT2D eigenvalue weighted by Gasteiger charge is 2.55. The maximum atomic E-state index is 12.5. The van der Waals surface area contributed by atoms with Crippen LogP contribution in [-0.4, -0.2) is 36.9 Å². The van der Waals surface area contributed by atoms with Gasteiger partial charge in [0.05, 0.1) is 13.2 Å². The Kier molecular flexibility index (Phi) is 5.40. The van der Waals surface area contributed by atoms with Crippen molar-refractivity contribution in [1.82, 2.24) is 0 Å². The predicted molar refractivity (Wildman–Crippen MR) is 88.3 cm³/mol. The molecule has 2 saturated heterocycles. The average molecular weight is 336 g/mol. The monoisotopic (exact) mass is 336 g/mol. The van der Waals surface area contributed by atoms with Crippen molar-refractivity contribution in [3.63, 3.8) is 0 Å². The summed E-state index contributed by atoms with van der Waals surface area (Å²) >= 11 is 0. The molecule has 2 heterocycles. The largest absolute Gasteiger partial charge is 0.456 e. The number of allylic oxidation sites excluding steroid dienone is 1. The number of hydrogen-bond donors (Lipinski definition) is 0. The summed E-state index contributed by atoms with van der Waals surface area (Å²) in [4.78, 5) is 24.2. The van der Waals surface area contributed by atoms with E-state index < -0.39 is 11.9 Å². The minimum atomic E-state index is -0.864. The van der Waals surface area contributed by atoms with E-state index in [9.17, 15) is 9.59 Å². The minimum Gasteiger partial charge on any atom is -0.456 e. The van der Waals surface area contributed by atoms with Crippen LogP contribution in [-0.2, 0) is 23.8 Å². The number of carbonyl (C=O) groups excluding carboxylic acids is 2. The number of rotatable bonds is 5. The summed E-state index contributed by atoms with van der Waals surface area (Å²) in [5, 5.41) is 0. The molecule has 0 N–H and O–H groups in total. The molecular weight excluding hydrogens is 308 g/mol. The van der Waals surface area contributed by atoms with Crippen molar-refractivity contribution in [3.05, 3.63) is 11.1 Å². The Bertz CT molecular complexity index is 530. The number of hydrogen-bond acceptors (Lipinski definition) is 5. The lowest BCUT2D eigenvalue weighted by molar-refractivity contribution is -0.317. The Labute approximate surface area is 143 Å². The van der Waals surface area contributed by atoms with E-state index in [4.69, 9.17) is 14.2 Å². The van der Waals surface area contributed by atoms with Crippen molar-refractivity contribution >= 4 is 11.8 Å². The molecule has 0 amide bonds. The summed E-state index contributed by atoms with van der Waals surface area (Å²) in [6.45, 7) is 4.60. The molecule has 0 bridgehead atoms. The fourth-order valence-corrected chi connectivity index (χ4v) is 4.25. The molecule has 5 heteroatoms. The number of unbranched alkanes of at least 4 members (excludes halogenated alkanes) is 2. The summed E-state index contributed by atoms with van der Waals surface area (Å²) in [7, 11) is 0. The highest BCUT2D eigenvalue weighted by Crippen LogP contribution is 2.47. The number of ketones is 1. The third kappa shape index (κ3) is 3.29. The molecule has 1 aliphatic carbocycles. The summed E-state index contributed by atoms with van der Waals surface area (Å²) < 4.78 is 17.7. The van der Waals surface area contributed by atoms with Crippen LogP contribution >= 0.6 is 0 Å². The van der Waals surface area contributed by atoms with Crippen molar-refractivity contribution < 1.29 is 23.8 Å². The van der Waals surface area contributed by atoms with Crippen molar-refractivity contribution in [2.24, 2.45) is 5.92 Å². The van der Waals surface area contributed by atoms with E-state index in [1.807, 2.05) is 0 Å². The Morgan fingerprint density at radius 1 is 1.29 bits per heavy atom.